The van der Waals surface area contributed by atoms with Gasteiger partial charge in [-0.25, -0.2) is 0 Å². The fraction of sp³-hybridized carbons (Fsp3) is 0.500. The predicted octanol–water partition coefficient (Wildman–Crippen LogP) is 0.730. The van der Waals surface area contributed by atoms with Crippen molar-refractivity contribution in [2.75, 3.05) is 32.8 Å². The molecular weight excluding hydrogens is 228 g/mol. The highest BCUT2D eigenvalue weighted by Crippen LogP contribution is 2.16. The van der Waals surface area contributed by atoms with Gasteiger partial charge in [-0.1, -0.05) is 30.3 Å². The second kappa shape index (κ2) is 5.08. The molecule has 4 nitrogen and oxygen atoms in total. The Morgan fingerprint density at radius 2 is 2.06 bits per heavy atom. The van der Waals surface area contributed by atoms with Gasteiger partial charge in [0, 0.05) is 26.2 Å². The van der Waals surface area contributed by atoms with Crippen molar-refractivity contribution in [2.45, 2.75) is 12.6 Å². The van der Waals surface area contributed by atoms with E-state index in [4.69, 9.17) is 4.74 Å². The predicted molar refractivity (Wildman–Crippen MR) is 68.0 cm³/mol. The number of piperazine rings is 1. The van der Waals surface area contributed by atoms with E-state index in [0.29, 0.717) is 6.61 Å². The van der Waals surface area contributed by atoms with Crippen LogP contribution in [0.15, 0.2) is 30.3 Å². The van der Waals surface area contributed by atoms with E-state index in [-0.39, 0.29) is 18.6 Å². The summed E-state index contributed by atoms with van der Waals surface area (Å²) in [5, 5.41) is 0. The van der Waals surface area contributed by atoms with Gasteiger partial charge in [0.25, 0.3) is 0 Å². The van der Waals surface area contributed by atoms with E-state index in [0.717, 1.165) is 26.2 Å². The summed E-state index contributed by atoms with van der Waals surface area (Å²) in [6.45, 7) is 4.60. The Labute approximate surface area is 107 Å². The van der Waals surface area contributed by atoms with Gasteiger partial charge in [-0.15, -0.1) is 0 Å². The van der Waals surface area contributed by atoms with Crippen molar-refractivity contribution in [3.63, 3.8) is 0 Å². The number of nitrogens with zero attached hydrogens (tertiary/aromatic N) is 2. The molecule has 0 spiro atoms. The number of fused-ring (bicyclic) bond motifs is 1. The van der Waals surface area contributed by atoms with Gasteiger partial charge in [-0.3, -0.25) is 9.69 Å². The Bertz CT molecular complexity index is 421. The summed E-state index contributed by atoms with van der Waals surface area (Å²) in [5.41, 5.74) is 1.33. The summed E-state index contributed by atoms with van der Waals surface area (Å²) >= 11 is 0. The molecule has 0 aliphatic carbocycles. The minimum absolute atomic E-state index is 0.144. The third kappa shape index (κ3) is 2.40. The van der Waals surface area contributed by atoms with Crippen molar-refractivity contribution in [1.82, 2.24) is 9.80 Å². The maximum absolute atomic E-state index is 11.7. The first-order valence-electron chi connectivity index (χ1n) is 6.46. The van der Waals surface area contributed by atoms with Crippen LogP contribution in [0.3, 0.4) is 0 Å². The van der Waals surface area contributed by atoms with Crippen LogP contribution >= 0.6 is 0 Å². The molecule has 1 unspecified atom stereocenters. The topological polar surface area (TPSA) is 32.8 Å². The zero-order valence-corrected chi connectivity index (χ0v) is 10.4. The Morgan fingerprint density at radius 1 is 1.22 bits per heavy atom. The highest BCUT2D eigenvalue weighted by Gasteiger charge is 2.33. The monoisotopic (exact) mass is 246 g/mol. The van der Waals surface area contributed by atoms with Crippen molar-refractivity contribution in [2.24, 2.45) is 0 Å². The van der Waals surface area contributed by atoms with Crippen molar-refractivity contribution >= 4 is 5.91 Å². The normalized spacial score (nSPS) is 25.0. The van der Waals surface area contributed by atoms with Crippen molar-refractivity contribution < 1.29 is 9.53 Å². The molecule has 1 atom stereocenters. The minimum Gasteiger partial charge on any atom is -0.369 e. The van der Waals surface area contributed by atoms with Crippen LogP contribution in [0.2, 0.25) is 0 Å². The second-order valence-electron chi connectivity index (χ2n) is 4.98. The van der Waals surface area contributed by atoms with Crippen LogP contribution in [-0.2, 0) is 16.1 Å². The lowest BCUT2D eigenvalue weighted by Crippen LogP contribution is -2.59. The SMILES string of the molecule is O=C1COCC2CN(Cc3ccccc3)CCN12. The minimum atomic E-state index is 0.144. The quantitative estimate of drug-likeness (QED) is 0.771. The Balaban J connectivity index is 1.62. The highest BCUT2D eigenvalue weighted by molar-refractivity contribution is 5.78. The first kappa shape index (κ1) is 11.7. The Morgan fingerprint density at radius 3 is 2.89 bits per heavy atom. The van der Waals surface area contributed by atoms with E-state index >= 15 is 0 Å². The molecular formula is C14H18N2O2. The van der Waals surface area contributed by atoms with Gasteiger partial charge in [0.15, 0.2) is 0 Å². The molecule has 2 fully saturated rings. The molecule has 1 aromatic carbocycles. The van der Waals surface area contributed by atoms with Crippen LogP contribution < -0.4 is 0 Å². The molecule has 0 saturated carbocycles. The molecule has 1 aromatic rings. The van der Waals surface area contributed by atoms with Gasteiger partial charge in [-0.2, -0.15) is 0 Å². The number of rotatable bonds is 2. The average Bonchev–Trinajstić information content (AvgIpc) is 2.40. The third-order valence-corrected chi connectivity index (χ3v) is 3.67. The lowest BCUT2D eigenvalue weighted by Gasteiger charge is -2.43. The number of hydrogen-bond acceptors (Lipinski definition) is 3. The van der Waals surface area contributed by atoms with Gasteiger partial charge in [0.2, 0.25) is 5.91 Å². The maximum atomic E-state index is 11.7. The summed E-state index contributed by atoms with van der Waals surface area (Å²) in [5.74, 6) is 0.144. The van der Waals surface area contributed by atoms with Gasteiger partial charge >= 0.3 is 0 Å². The number of carbonyl (C=O) groups is 1. The first-order valence-corrected chi connectivity index (χ1v) is 6.46. The van der Waals surface area contributed by atoms with Crippen LogP contribution in [0, 0.1) is 0 Å². The molecule has 0 N–H and O–H groups in total. The zero-order valence-electron chi connectivity index (χ0n) is 10.4. The summed E-state index contributed by atoms with van der Waals surface area (Å²) in [6.07, 6.45) is 0. The van der Waals surface area contributed by atoms with Gasteiger partial charge in [-0.05, 0) is 5.56 Å². The molecule has 2 aliphatic rings. The molecule has 0 radical (unpaired) electrons. The van der Waals surface area contributed by atoms with Crippen LogP contribution in [0.25, 0.3) is 0 Å². The van der Waals surface area contributed by atoms with Crippen molar-refractivity contribution in [1.29, 1.82) is 0 Å². The van der Waals surface area contributed by atoms with E-state index in [2.05, 4.69) is 29.2 Å². The molecule has 4 heteroatoms. The van der Waals surface area contributed by atoms with E-state index < -0.39 is 0 Å². The number of morpholine rings is 1. The van der Waals surface area contributed by atoms with Gasteiger partial charge < -0.3 is 9.64 Å². The summed E-state index contributed by atoms with van der Waals surface area (Å²) in [7, 11) is 0. The molecule has 2 heterocycles. The number of amides is 1. The molecule has 18 heavy (non-hydrogen) atoms. The summed E-state index contributed by atoms with van der Waals surface area (Å²) < 4.78 is 5.33. The molecule has 0 bridgehead atoms. The van der Waals surface area contributed by atoms with E-state index in [1.165, 1.54) is 5.56 Å². The van der Waals surface area contributed by atoms with Gasteiger partial charge in [0.05, 0.1) is 12.6 Å². The highest BCUT2D eigenvalue weighted by atomic mass is 16.5. The first-order chi connectivity index (χ1) is 8.83. The van der Waals surface area contributed by atoms with Crippen LogP contribution in [-0.4, -0.2) is 54.6 Å². The Kier molecular flexibility index (Phi) is 3.30. The van der Waals surface area contributed by atoms with Gasteiger partial charge in [0.1, 0.15) is 6.61 Å². The summed E-state index contributed by atoms with van der Waals surface area (Å²) in [4.78, 5) is 16.1. The largest absolute Gasteiger partial charge is 0.369 e. The van der Waals surface area contributed by atoms with Crippen molar-refractivity contribution in [3.05, 3.63) is 35.9 Å². The lowest BCUT2D eigenvalue weighted by atomic mass is 10.1. The number of hydrogen-bond donors (Lipinski definition) is 0. The number of carbonyl (C=O) groups excluding carboxylic acids is 1. The molecule has 96 valence electrons. The maximum Gasteiger partial charge on any atom is 0.248 e. The second-order valence-corrected chi connectivity index (χ2v) is 4.98. The van der Waals surface area contributed by atoms with E-state index in [1.807, 2.05) is 11.0 Å². The molecule has 2 saturated heterocycles. The van der Waals surface area contributed by atoms with Crippen molar-refractivity contribution in [3.8, 4) is 0 Å². The van der Waals surface area contributed by atoms with Crippen LogP contribution in [0.5, 0.6) is 0 Å². The van der Waals surface area contributed by atoms with Crippen LogP contribution in [0.4, 0.5) is 0 Å². The number of benzene rings is 1. The average molecular weight is 246 g/mol. The molecule has 1 amide bonds. The molecule has 2 aliphatic heterocycles. The van der Waals surface area contributed by atoms with Crippen LogP contribution in [0.1, 0.15) is 5.56 Å². The zero-order chi connectivity index (χ0) is 12.4. The molecule has 3 rings (SSSR count). The third-order valence-electron chi connectivity index (χ3n) is 3.67. The smallest absolute Gasteiger partial charge is 0.248 e. The van der Waals surface area contributed by atoms with E-state index in [9.17, 15) is 4.79 Å². The molecule has 0 aromatic heterocycles. The van der Waals surface area contributed by atoms with E-state index in [1.54, 1.807) is 0 Å². The fourth-order valence-electron chi connectivity index (χ4n) is 2.74. The summed E-state index contributed by atoms with van der Waals surface area (Å²) in [6, 6.07) is 10.7. The number of ether oxygens (including phenoxy) is 1. The fourth-order valence-corrected chi connectivity index (χ4v) is 2.74. The standard InChI is InChI=1S/C14H18N2O2/c17-14-11-18-10-13-9-15(6-7-16(13)14)8-12-4-2-1-3-5-12/h1-5,13H,6-11H2. The Hall–Kier alpha value is -1.39. The lowest BCUT2D eigenvalue weighted by molar-refractivity contribution is -0.152.